The van der Waals surface area contributed by atoms with E-state index < -0.39 is 0 Å². The van der Waals surface area contributed by atoms with Gasteiger partial charge in [-0.3, -0.25) is 0 Å². The minimum Gasteiger partial charge on any atom is -0.338 e. The van der Waals surface area contributed by atoms with Crippen LogP contribution in [-0.2, 0) is 0 Å². The number of carbonyl (C=O) groups is 1. The first-order valence-electron chi connectivity index (χ1n) is 6.25. The standard InChI is InChI=1S/C13H18FN3O/c14-11-1-3-12(4-2-11)17-13(18)16-8-6-10-5-7-15-9-10/h1-4,10,15H,5-9H2,(H2,16,17,18). The molecular weight excluding hydrogens is 233 g/mol. The van der Waals surface area contributed by atoms with E-state index in [1.165, 1.54) is 30.7 Å². The van der Waals surface area contributed by atoms with Gasteiger partial charge in [0.2, 0.25) is 0 Å². The predicted octanol–water partition coefficient (Wildman–Crippen LogP) is 1.95. The Labute approximate surface area is 106 Å². The van der Waals surface area contributed by atoms with Crippen LogP contribution >= 0.6 is 0 Å². The van der Waals surface area contributed by atoms with Gasteiger partial charge >= 0.3 is 6.03 Å². The molecule has 0 saturated carbocycles. The molecule has 1 aromatic carbocycles. The van der Waals surface area contributed by atoms with E-state index in [0.717, 1.165) is 19.5 Å². The summed E-state index contributed by atoms with van der Waals surface area (Å²) < 4.78 is 12.7. The molecule has 0 aromatic heterocycles. The zero-order chi connectivity index (χ0) is 12.8. The molecule has 1 aliphatic heterocycles. The molecule has 1 saturated heterocycles. The van der Waals surface area contributed by atoms with E-state index in [-0.39, 0.29) is 11.8 Å². The van der Waals surface area contributed by atoms with Gasteiger partial charge in [0, 0.05) is 12.2 Å². The Bertz CT molecular complexity index is 388. The Morgan fingerprint density at radius 1 is 1.39 bits per heavy atom. The average Bonchev–Trinajstić information content (AvgIpc) is 2.85. The Kier molecular flexibility index (Phi) is 4.52. The molecule has 0 aliphatic carbocycles. The van der Waals surface area contributed by atoms with E-state index >= 15 is 0 Å². The van der Waals surface area contributed by atoms with Crippen LogP contribution in [0.5, 0.6) is 0 Å². The fourth-order valence-corrected chi connectivity index (χ4v) is 2.06. The molecule has 1 fully saturated rings. The summed E-state index contributed by atoms with van der Waals surface area (Å²) in [5.41, 5.74) is 0.594. The molecule has 2 amide bonds. The second-order valence-corrected chi connectivity index (χ2v) is 4.54. The lowest BCUT2D eigenvalue weighted by Gasteiger charge is -2.10. The molecule has 1 aromatic rings. The van der Waals surface area contributed by atoms with E-state index in [2.05, 4.69) is 16.0 Å². The van der Waals surface area contributed by atoms with Gasteiger partial charge in [0.15, 0.2) is 0 Å². The molecule has 98 valence electrons. The SMILES string of the molecule is O=C(NCCC1CCNC1)Nc1ccc(F)cc1. The normalized spacial score (nSPS) is 18.6. The first-order valence-corrected chi connectivity index (χ1v) is 6.25. The highest BCUT2D eigenvalue weighted by Gasteiger charge is 2.13. The van der Waals surface area contributed by atoms with Gasteiger partial charge < -0.3 is 16.0 Å². The van der Waals surface area contributed by atoms with Crippen LogP contribution in [0, 0.1) is 11.7 Å². The summed E-state index contributed by atoms with van der Waals surface area (Å²) in [7, 11) is 0. The van der Waals surface area contributed by atoms with Crippen molar-refractivity contribution in [2.75, 3.05) is 25.0 Å². The molecule has 2 rings (SSSR count). The molecule has 18 heavy (non-hydrogen) atoms. The van der Waals surface area contributed by atoms with Gasteiger partial charge in [0.1, 0.15) is 5.82 Å². The predicted molar refractivity (Wildman–Crippen MR) is 69.0 cm³/mol. The zero-order valence-corrected chi connectivity index (χ0v) is 10.2. The Hall–Kier alpha value is -1.62. The van der Waals surface area contributed by atoms with Crippen LogP contribution in [0.4, 0.5) is 14.9 Å². The summed E-state index contributed by atoms with van der Waals surface area (Å²) in [5, 5.41) is 8.75. The largest absolute Gasteiger partial charge is 0.338 e. The third-order valence-electron chi connectivity index (χ3n) is 3.10. The van der Waals surface area contributed by atoms with Crippen molar-refractivity contribution in [2.24, 2.45) is 5.92 Å². The molecule has 1 heterocycles. The first kappa shape index (κ1) is 12.8. The number of amides is 2. The molecule has 1 aliphatic rings. The van der Waals surface area contributed by atoms with Crippen LogP contribution < -0.4 is 16.0 Å². The molecule has 4 nitrogen and oxygen atoms in total. The lowest BCUT2D eigenvalue weighted by molar-refractivity contribution is 0.251. The molecule has 1 unspecified atom stereocenters. The van der Waals surface area contributed by atoms with Gasteiger partial charge in [-0.05, 0) is 56.1 Å². The van der Waals surface area contributed by atoms with Gasteiger partial charge in [-0.1, -0.05) is 0 Å². The number of hydrogen-bond donors (Lipinski definition) is 3. The van der Waals surface area contributed by atoms with Crippen molar-refractivity contribution in [3.05, 3.63) is 30.1 Å². The second-order valence-electron chi connectivity index (χ2n) is 4.54. The summed E-state index contributed by atoms with van der Waals surface area (Å²) in [5.74, 6) is 0.353. The van der Waals surface area contributed by atoms with Crippen molar-refractivity contribution < 1.29 is 9.18 Å². The maximum atomic E-state index is 12.7. The number of hydrogen-bond acceptors (Lipinski definition) is 2. The quantitative estimate of drug-likeness (QED) is 0.766. The topological polar surface area (TPSA) is 53.2 Å². The van der Waals surface area contributed by atoms with E-state index in [0.29, 0.717) is 18.2 Å². The number of urea groups is 1. The number of carbonyl (C=O) groups excluding carboxylic acids is 1. The number of nitrogens with one attached hydrogen (secondary N) is 3. The average molecular weight is 251 g/mol. The van der Waals surface area contributed by atoms with Gasteiger partial charge in [0.05, 0.1) is 0 Å². The minimum atomic E-state index is -0.310. The third kappa shape index (κ3) is 4.00. The Morgan fingerprint density at radius 2 is 2.17 bits per heavy atom. The molecule has 5 heteroatoms. The van der Waals surface area contributed by atoms with Crippen LogP contribution in [0.25, 0.3) is 0 Å². The number of halogens is 1. The van der Waals surface area contributed by atoms with Gasteiger partial charge in [-0.2, -0.15) is 0 Å². The van der Waals surface area contributed by atoms with E-state index in [4.69, 9.17) is 0 Å². The smallest absolute Gasteiger partial charge is 0.319 e. The number of benzene rings is 1. The van der Waals surface area contributed by atoms with Crippen LogP contribution in [0.3, 0.4) is 0 Å². The summed E-state index contributed by atoms with van der Waals surface area (Å²) in [4.78, 5) is 11.5. The minimum absolute atomic E-state index is 0.243. The summed E-state index contributed by atoms with van der Waals surface area (Å²) in [6, 6.07) is 5.47. The van der Waals surface area contributed by atoms with Crippen LogP contribution in [0.1, 0.15) is 12.8 Å². The van der Waals surface area contributed by atoms with E-state index in [1.807, 2.05) is 0 Å². The molecule has 0 bridgehead atoms. The molecule has 0 radical (unpaired) electrons. The van der Waals surface area contributed by atoms with Crippen molar-refractivity contribution in [3.63, 3.8) is 0 Å². The van der Waals surface area contributed by atoms with Gasteiger partial charge in [-0.15, -0.1) is 0 Å². The molecular formula is C13H18FN3O. The van der Waals surface area contributed by atoms with Crippen molar-refractivity contribution in [1.29, 1.82) is 0 Å². The molecule has 3 N–H and O–H groups in total. The van der Waals surface area contributed by atoms with Crippen molar-refractivity contribution in [1.82, 2.24) is 10.6 Å². The lowest BCUT2D eigenvalue weighted by Crippen LogP contribution is -2.30. The van der Waals surface area contributed by atoms with E-state index in [1.54, 1.807) is 0 Å². The third-order valence-corrected chi connectivity index (χ3v) is 3.10. The van der Waals surface area contributed by atoms with Crippen LogP contribution in [0.2, 0.25) is 0 Å². The number of rotatable bonds is 4. The van der Waals surface area contributed by atoms with Crippen molar-refractivity contribution >= 4 is 11.7 Å². The fourth-order valence-electron chi connectivity index (χ4n) is 2.06. The maximum absolute atomic E-state index is 12.7. The lowest BCUT2D eigenvalue weighted by atomic mass is 10.1. The Morgan fingerprint density at radius 3 is 2.83 bits per heavy atom. The fraction of sp³-hybridized carbons (Fsp3) is 0.462. The summed E-state index contributed by atoms with van der Waals surface area (Å²) >= 11 is 0. The highest BCUT2D eigenvalue weighted by atomic mass is 19.1. The monoisotopic (exact) mass is 251 g/mol. The molecule has 0 spiro atoms. The zero-order valence-electron chi connectivity index (χ0n) is 10.2. The Balaban J connectivity index is 1.66. The first-order chi connectivity index (χ1) is 8.74. The second kappa shape index (κ2) is 6.35. The van der Waals surface area contributed by atoms with Crippen molar-refractivity contribution in [3.8, 4) is 0 Å². The van der Waals surface area contributed by atoms with Gasteiger partial charge in [0.25, 0.3) is 0 Å². The highest BCUT2D eigenvalue weighted by molar-refractivity contribution is 5.89. The molecule has 1 atom stereocenters. The van der Waals surface area contributed by atoms with Crippen LogP contribution in [0.15, 0.2) is 24.3 Å². The van der Waals surface area contributed by atoms with Crippen LogP contribution in [-0.4, -0.2) is 25.7 Å². The maximum Gasteiger partial charge on any atom is 0.319 e. The summed E-state index contributed by atoms with van der Waals surface area (Å²) in [6.07, 6.45) is 2.17. The number of anilines is 1. The van der Waals surface area contributed by atoms with Gasteiger partial charge in [-0.25, -0.2) is 9.18 Å². The summed E-state index contributed by atoms with van der Waals surface area (Å²) in [6.45, 7) is 2.78. The highest BCUT2D eigenvalue weighted by Crippen LogP contribution is 2.11. The van der Waals surface area contributed by atoms with Crippen molar-refractivity contribution in [2.45, 2.75) is 12.8 Å². The van der Waals surface area contributed by atoms with E-state index in [9.17, 15) is 9.18 Å².